The van der Waals surface area contributed by atoms with Crippen molar-refractivity contribution in [3.63, 3.8) is 0 Å². The van der Waals surface area contributed by atoms with E-state index in [4.69, 9.17) is 4.74 Å². The van der Waals surface area contributed by atoms with Crippen LogP contribution in [0.25, 0.3) is 0 Å². The van der Waals surface area contributed by atoms with Gasteiger partial charge in [0.25, 0.3) is 0 Å². The molecule has 37 heavy (non-hydrogen) atoms. The Morgan fingerprint density at radius 1 is 1.16 bits per heavy atom. The number of carbonyl (C=O) groups excluding carboxylic acids is 3. The number of benzene rings is 1. The summed E-state index contributed by atoms with van der Waals surface area (Å²) >= 11 is 1.50. The molecule has 0 spiro atoms. The number of hydrogen-bond donors (Lipinski definition) is 0. The van der Waals surface area contributed by atoms with Crippen LogP contribution in [0.3, 0.4) is 0 Å². The van der Waals surface area contributed by atoms with Crippen LogP contribution in [0.1, 0.15) is 70.3 Å². The molecule has 1 aromatic rings. The minimum absolute atomic E-state index is 0.0494. The number of ketones is 2. The molecule has 0 heterocycles. The molecule has 0 amide bonds. The molecule has 0 aromatic heterocycles. The fraction of sp³-hybridized carbons (Fsp3) is 0.581. The van der Waals surface area contributed by atoms with Crippen LogP contribution in [0.2, 0.25) is 0 Å². The lowest BCUT2D eigenvalue weighted by Gasteiger charge is -2.54. The zero-order valence-electron chi connectivity index (χ0n) is 22.8. The number of hydrogen-bond acceptors (Lipinski definition) is 6. The second-order valence-electron chi connectivity index (χ2n) is 11.8. The summed E-state index contributed by atoms with van der Waals surface area (Å²) in [4.78, 5) is 40.7. The molecule has 6 heteroatoms. The SMILES string of the molecule is CSCC(=O)[C@@]1(OC(C)=O)CCC2C3CC=C4CC(=O)CCC4=C3C(c3ccc(N(C)C)cc3)C[C@@]21C. The summed E-state index contributed by atoms with van der Waals surface area (Å²) in [6.45, 7) is 3.66. The van der Waals surface area contributed by atoms with Crippen molar-refractivity contribution in [3.05, 3.63) is 52.6 Å². The van der Waals surface area contributed by atoms with Crippen LogP contribution in [0.5, 0.6) is 0 Å². The number of carbonyl (C=O) groups is 3. The van der Waals surface area contributed by atoms with Crippen molar-refractivity contribution in [2.45, 2.75) is 70.3 Å². The quantitative estimate of drug-likeness (QED) is 0.435. The van der Waals surface area contributed by atoms with Gasteiger partial charge in [0.15, 0.2) is 11.4 Å². The summed E-state index contributed by atoms with van der Waals surface area (Å²) in [5.41, 5.74) is 4.95. The molecule has 4 aliphatic rings. The van der Waals surface area contributed by atoms with Crippen LogP contribution in [0.4, 0.5) is 5.69 Å². The fourth-order valence-electron chi connectivity index (χ4n) is 8.06. The van der Waals surface area contributed by atoms with E-state index in [1.165, 1.54) is 41.0 Å². The Kier molecular flexibility index (Phi) is 6.93. The van der Waals surface area contributed by atoms with E-state index < -0.39 is 11.0 Å². The molecule has 0 radical (unpaired) electrons. The molecule has 0 aliphatic heterocycles. The smallest absolute Gasteiger partial charge is 0.303 e. The summed E-state index contributed by atoms with van der Waals surface area (Å²) in [5.74, 6) is 1.04. The number of ether oxygens (including phenoxy) is 1. The molecule has 4 aliphatic carbocycles. The van der Waals surface area contributed by atoms with Crippen molar-refractivity contribution in [3.8, 4) is 0 Å². The van der Waals surface area contributed by atoms with E-state index in [1.807, 2.05) is 20.4 Å². The number of rotatable bonds is 6. The second-order valence-corrected chi connectivity index (χ2v) is 12.7. The van der Waals surface area contributed by atoms with Gasteiger partial charge in [0.2, 0.25) is 0 Å². The van der Waals surface area contributed by atoms with Crippen molar-refractivity contribution in [2.24, 2.45) is 17.3 Å². The standard InChI is InChI=1S/C31H39NO4S/c1-19(33)36-31(28(35)18-37-5)15-14-27-25-12-8-21-16-23(34)11-13-24(21)29(25)26(17-30(27,31)2)20-6-9-22(10-7-20)32(3)4/h6-10,25-27H,11-18H2,1-5H3/t25?,26?,27?,30-,31-/m0/s1. The van der Waals surface area contributed by atoms with Gasteiger partial charge in [-0.1, -0.05) is 30.7 Å². The molecule has 0 saturated heterocycles. The highest BCUT2D eigenvalue weighted by molar-refractivity contribution is 7.99. The fourth-order valence-corrected chi connectivity index (χ4v) is 8.56. The van der Waals surface area contributed by atoms with Crippen LogP contribution in [0, 0.1) is 17.3 Å². The zero-order valence-corrected chi connectivity index (χ0v) is 23.6. The van der Waals surface area contributed by atoms with Crippen molar-refractivity contribution in [2.75, 3.05) is 31.0 Å². The van der Waals surface area contributed by atoms with Gasteiger partial charge in [-0.25, -0.2) is 0 Å². The maximum Gasteiger partial charge on any atom is 0.303 e. The molecule has 3 fully saturated rings. The topological polar surface area (TPSA) is 63.7 Å². The number of nitrogens with zero attached hydrogens (tertiary/aromatic N) is 1. The van der Waals surface area contributed by atoms with Gasteiger partial charge in [0, 0.05) is 50.9 Å². The molecular formula is C31H39NO4S. The maximum atomic E-state index is 13.8. The van der Waals surface area contributed by atoms with Crippen molar-refractivity contribution in [1.29, 1.82) is 0 Å². The number of fused-ring (bicyclic) bond motifs is 4. The molecule has 5 nitrogen and oxygen atoms in total. The summed E-state index contributed by atoms with van der Waals surface area (Å²) < 4.78 is 6.14. The lowest BCUT2D eigenvalue weighted by molar-refractivity contribution is -0.182. The van der Waals surface area contributed by atoms with E-state index >= 15 is 0 Å². The van der Waals surface area contributed by atoms with E-state index in [2.05, 4.69) is 42.2 Å². The van der Waals surface area contributed by atoms with E-state index in [0.29, 0.717) is 36.7 Å². The van der Waals surface area contributed by atoms with Crippen LogP contribution >= 0.6 is 11.8 Å². The molecule has 5 atom stereocenters. The van der Waals surface area contributed by atoms with Crippen LogP contribution in [-0.4, -0.2) is 49.2 Å². The van der Waals surface area contributed by atoms with E-state index in [0.717, 1.165) is 31.4 Å². The van der Waals surface area contributed by atoms with Crippen molar-refractivity contribution < 1.29 is 19.1 Å². The molecule has 3 saturated carbocycles. The normalized spacial score (nSPS) is 32.7. The summed E-state index contributed by atoms with van der Waals surface area (Å²) in [6, 6.07) is 8.79. The number of Topliss-reactive ketones (excluding diaryl/α,β-unsaturated/α-hetero) is 2. The Balaban J connectivity index is 1.66. The van der Waals surface area contributed by atoms with Gasteiger partial charge in [0.1, 0.15) is 5.78 Å². The zero-order chi connectivity index (χ0) is 26.5. The van der Waals surface area contributed by atoms with Gasteiger partial charge in [-0.2, -0.15) is 11.8 Å². The van der Waals surface area contributed by atoms with Crippen LogP contribution in [0.15, 0.2) is 47.1 Å². The van der Waals surface area contributed by atoms with Gasteiger partial charge in [-0.15, -0.1) is 0 Å². The van der Waals surface area contributed by atoms with Crippen molar-refractivity contribution in [1.82, 2.24) is 0 Å². The van der Waals surface area contributed by atoms with Gasteiger partial charge in [-0.3, -0.25) is 14.4 Å². The summed E-state index contributed by atoms with van der Waals surface area (Å²) in [5, 5.41) is 0. The summed E-state index contributed by atoms with van der Waals surface area (Å²) in [7, 11) is 4.09. The number of esters is 1. The Morgan fingerprint density at radius 3 is 2.54 bits per heavy atom. The minimum atomic E-state index is -1.09. The molecule has 0 bridgehead atoms. The molecule has 198 valence electrons. The Hall–Kier alpha value is -2.34. The average molecular weight is 522 g/mol. The molecule has 0 N–H and O–H groups in total. The molecule has 3 unspecified atom stereocenters. The second kappa shape index (κ2) is 9.76. The number of allylic oxidation sites excluding steroid dienone is 4. The molecule has 1 aromatic carbocycles. The first-order valence-electron chi connectivity index (χ1n) is 13.5. The van der Waals surface area contributed by atoms with Gasteiger partial charge in [0.05, 0.1) is 5.75 Å². The average Bonchev–Trinajstić information content (AvgIpc) is 3.15. The first-order chi connectivity index (χ1) is 17.6. The van der Waals surface area contributed by atoms with Gasteiger partial charge >= 0.3 is 5.97 Å². The number of anilines is 1. The highest BCUT2D eigenvalue weighted by Crippen LogP contribution is 2.67. The van der Waals surface area contributed by atoms with E-state index in [1.54, 1.807) is 0 Å². The first-order valence-corrected chi connectivity index (χ1v) is 14.9. The third-order valence-corrected chi connectivity index (χ3v) is 10.2. The molecular weight excluding hydrogens is 482 g/mol. The lowest BCUT2D eigenvalue weighted by atomic mass is 9.51. The van der Waals surface area contributed by atoms with Gasteiger partial charge in [-0.05, 0) is 79.0 Å². The maximum absolute atomic E-state index is 13.8. The monoisotopic (exact) mass is 521 g/mol. The summed E-state index contributed by atoms with van der Waals surface area (Å²) in [6.07, 6.45) is 9.33. The lowest BCUT2D eigenvalue weighted by Crippen LogP contribution is -2.58. The van der Waals surface area contributed by atoms with Crippen molar-refractivity contribution >= 4 is 35.0 Å². The highest BCUT2D eigenvalue weighted by Gasteiger charge is 2.67. The van der Waals surface area contributed by atoms with Gasteiger partial charge < -0.3 is 9.64 Å². The van der Waals surface area contributed by atoms with E-state index in [-0.39, 0.29) is 23.6 Å². The van der Waals surface area contributed by atoms with Crippen LogP contribution in [-0.2, 0) is 19.1 Å². The minimum Gasteiger partial charge on any atom is -0.451 e. The largest absolute Gasteiger partial charge is 0.451 e. The number of thioether (sulfide) groups is 1. The Morgan fingerprint density at radius 2 is 1.89 bits per heavy atom. The third kappa shape index (κ3) is 4.20. The third-order valence-electron chi connectivity index (χ3n) is 9.69. The van der Waals surface area contributed by atoms with Crippen LogP contribution < -0.4 is 4.90 Å². The predicted molar refractivity (Wildman–Crippen MR) is 149 cm³/mol. The first kappa shape index (κ1) is 26.3. The predicted octanol–water partition coefficient (Wildman–Crippen LogP) is 5.89. The molecule has 5 rings (SSSR count). The van der Waals surface area contributed by atoms with E-state index in [9.17, 15) is 14.4 Å². The Labute approximate surface area is 225 Å². The highest BCUT2D eigenvalue weighted by atomic mass is 32.2. The Bertz CT molecular complexity index is 1180.